The zero-order chi connectivity index (χ0) is 91.5. The third kappa shape index (κ3) is 22.2. The third-order valence-corrected chi connectivity index (χ3v) is 27.2. The van der Waals surface area contributed by atoms with Crippen molar-refractivity contribution in [1.82, 2.24) is 59.8 Å². The fraction of sp³-hybridized carbons (Fsp3) is 0.444. The molecule has 10 aliphatic rings. The van der Waals surface area contributed by atoms with Crippen LogP contribution in [0.3, 0.4) is 0 Å². The lowest BCUT2D eigenvalue weighted by atomic mass is 9.96. The Labute approximate surface area is 783 Å². The van der Waals surface area contributed by atoms with Crippen LogP contribution in [0.5, 0.6) is 34.5 Å². The SMILES string of the molecule is CN(C)c1nc(-c2ccccc2O)nc2c1CCC2.CN(C)c1nc(-c2ccccc2O)nc2c1CCCCCC2.Oc1ccccc1-c1nc2c(c(N3CCCC3)n1)CCC2.Oc1ccccc1-c1nc2c(c(N3CCCC3)n1)CCCCCC2.Oc1ccccc1-c1nc2c(c(N3CCCCC3)n1)CCCCCC2.Oc1ccccc1-c1nc2c(c(N3CCOCC3)n1)CCC2. The Kier molecular flexibility index (Phi) is 30.7. The van der Waals surface area contributed by atoms with Gasteiger partial charge in [-0.3, -0.25) is 0 Å². The predicted molar refractivity (Wildman–Crippen MR) is 529 cm³/mol. The van der Waals surface area contributed by atoms with Gasteiger partial charge in [0.25, 0.3) is 0 Å². The first-order valence-corrected chi connectivity index (χ1v) is 49.2. The maximum Gasteiger partial charge on any atom is 0.165 e. The summed E-state index contributed by atoms with van der Waals surface area (Å²) in [5, 5.41) is 60.7. The topological polar surface area (TPSA) is 305 Å². The quantitative estimate of drug-likeness (QED) is 0.0662. The van der Waals surface area contributed by atoms with E-state index in [1.54, 1.807) is 42.5 Å². The van der Waals surface area contributed by atoms with Crippen molar-refractivity contribution < 1.29 is 35.4 Å². The van der Waals surface area contributed by atoms with Gasteiger partial charge >= 0.3 is 0 Å². The van der Waals surface area contributed by atoms with Crippen LogP contribution in [0.4, 0.5) is 34.9 Å². The van der Waals surface area contributed by atoms with Gasteiger partial charge in [-0.2, -0.15) is 0 Å². The number of benzene rings is 6. The van der Waals surface area contributed by atoms with Crippen LogP contribution in [-0.2, 0) is 81.8 Å². The van der Waals surface area contributed by atoms with Gasteiger partial charge in [0.2, 0.25) is 0 Å². The molecule has 4 saturated heterocycles. The molecule has 25 nitrogen and oxygen atoms in total. The minimum atomic E-state index is 0.227. The monoisotopic (exact) mass is 1790 g/mol. The molecular weight excluding hydrogens is 1660 g/mol. The van der Waals surface area contributed by atoms with Gasteiger partial charge < -0.3 is 64.8 Å². The number of anilines is 6. The molecule has 6 aromatic carbocycles. The minimum absolute atomic E-state index is 0.227. The molecule has 694 valence electrons. The Morgan fingerprint density at radius 2 is 0.406 bits per heavy atom. The van der Waals surface area contributed by atoms with Crippen LogP contribution in [-0.4, -0.2) is 184 Å². The average Bonchev–Trinajstić information content (AvgIpc) is 1.79. The summed E-state index contributed by atoms with van der Waals surface area (Å²) < 4.78 is 5.45. The van der Waals surface area contributed by atoms with E-state index >= 15 is 0 Å². The molecule has 0 amide bonds. The van der Waals surface area contributed by atoms with E-state index in [1.165, 1.54) is 172 Å². The summed E-state index contributed by atoms with van der Waals surface area (Å²) in [5.74, 6) is 11.7. The van der Waals surface area contributed by atoms with Gasteiger partial charge in [0.05, 0.1) is 46.6 Å². The van der Waals surface area contributed by atoms with E-state index in [2.05, 4.69) is 34.5 Å². The number of aryl methyl sites for hydroxylation is 6. The fourth-order valence-electron chi connectivity index (χ4n) is 20.2. The van der Waals surface area contributed by atoms with E-state index in [4.69, 9.17) is 54.6 Å². The van der Waals surface area contributed by atoms with Crippen molar-refractivity contribution in [2.45, 2.75) is 218 Å². The Morgan fingerprint density at radius 3 is 0.669 bits per heavy atom. The highest BCUT2D eigenvalue weighted by Gasteiger charge is 2.32. The molecule has 0 atom stereocenters. The van der Waals surface area contributed by atoms with E-state index in [0.29, 0.717) is 51.6 Å². The fourth-order valence-corrected chi connectivity index (χ4v) is 20.2. The number of fused-ring (bicyclic) bond motifs is 6. The number of hydrogen-bond acceptors (Lipinski definition) is 25. The van der Waals surface area contributed by atoms with Gasteiger partial charge in [0.15, 0.2) is 34.9 Å². The molecule has 6 aromatic heterocycles. The minimum Gasteiger partial charge on any atom is -0.507 e. The summed E-state index contributed by atoms with van der Waals surface area (Å²) in [4.78, 5) is 71.1. The molecule has 4 fully saturated rings. The van der Waals surface area contributed by atoms with E-state index in [0.717, 1.165) is 231 Å². The second kappa shape index (κ2) is 44.3. The lowest BCUT2D eigenvalue weighted by molar-refractivity contribution is 0.122. The molecule has 0 radical (unpaired) electrons. The molecule has 6 N–H and O–H groups in total. The number of morpholine rings is 1. The normalized spacial score (nSPS) is 16.7. The second-order valence-corrected chi connectivity index (χ2v) is 37.0. The molecule has 0 spiro atoms. The molecule has 4 aliphatic heterocycles. The molecular formula is C108H130N18O7. The summed E-state index contributed by atoms with van der Waals surface area (Å²) in [6.07, 6.45) is 39.6. The van der Waals surface area contributed by atoms with Gasteiger partial charge in [0.1, 0.15) is 69.4 Å². The van der Waals surface area contributed by atoms with Crippen molar-refractivity contribution in [3.8, 4) is 103 Å². The maximum absolute atomic E-state index is 10.3. The van der Waals surface area contributed by atoms with Crippen molar-refractivity contribution in [2.24, 2.45) is 0 Å². The molecule has 12 aromatic rings. The van der Waals surface area contributed by atoms with Crippen molar-refractivity contribution >= 4 is 34.9 Å². The molecule has 25 heteroatoms. The van der Waals surface area contributed by atoms with Crippen LogP contribution in [0.25, 0.3) is 68.3 Å². The Balaban J connectivity index is 0.000000111. The number of phenols is 6. The van der Waals surface area contributed by atoms with Crippen molar-refractivity contribution in [3.05, 3.63) is 213 Å². The Bertz CT molecular complexity index is 5990. The first-order valence-electron chi connectivity index (χ1n) is 49.2. The first-order chi connectivity index (χ1) is 65.1. The van der Waals surface area contributed by atoms with Gasteiger partial charge in [-0.15, -0.1) is 0 Å². The lowest BCUT2D eigenvalue weighted by Crippen LogP contribution is -2.37. The number of para-hydroxylation sites is 6. The maximum atomic E-state index is 10.3. The van der Waals surface area contributed by atoms with Crippen LogP contribution in [0.1, 0.15) is 209 Å². The zero-order valence-electron chi connectivity index (χ0n) is 78.1. The van der Waals surface area contributed by atoms with Crippen LogP contribution in [0, 0.1) is 0 Å². The van der Waals surface area contributed by atoms with E-state index in [1.807, 2.05) is 136 Å². The highest BCUT2D eigenvalue weighted by Crippen LogP contribution is 2.43. The molecule has 6 aliphatic carbocycles. The van der Waals surface area contributed by atoms with Crippen LogP contribution in [0.2, 0.25) is 0 Å². The largest absolute Gasteiger partial charge is 0.507 e. The highest BCUT2D eigenvalue weighted by molar-refractivity contribution is 5.73. The number of nitrogens with zero attached hydrogens (tertiary/aromatic N) is 18. The van der Waals surface area contributed by atoms with Crippen molar-refractivity contribution in [1.29, 1.82) is 0 Å². The summed E-state index contributed by atoms with van der Waals surface area (Å²) in [6.45, 7) is 9.73. The summed E-state index contributed by atoms with van der Waals surface area (Å²) in [7, 11) is 8.04. The number of phenolic OH excluding ortho intramolecular Hbond substituents is 6. The molecule has 133 heavy (non-hydrogen) atoms. The number of piperidine rings is 1. The molecule has 22 rings (SSSR count). The average molecular weight is 1790 g/mol. The number of ether oxygens (including phenoxy) is 1. The number of hydrogen-bond donors (Lipinski definition) is 6. The van der Waals surface area contributed by atoms with Crippen molar-refractivity contribution in [2.75, 3.05) is 123 Å². The Hall–Kier alpha value is -12.6. The van der Waals surface area contributed by atoms with E-state index < -0.39 is 0 Å². The lowest BCUT2D eigenvalue weighted by Gasteiger charge is -2.31. The third-order valence-electron chi connectivity index (χ3n) is 27.2. The van der Waals surface area contributed by atoms with Gasteiger partial charge in [0, 0.05) is 148 Å². The van der Waals surface area contributed by atoms with E-state index in [9.17, 15) is 30.6 Å². The van der Waals surface area contributed by atoms with Crippen LogP contribution < -0.4 is 29.4 Å². The standard InChI is InChI=1S/C21H27N3O.C20H25N3O.C18H23N3O.C17H19N3O2.C17H19N3O.C15H17N3O/c25-19-13-7-6-11-17(19)20-22-18-12-5-2-1-4-10-16(18)21(23-20)24-14-8-3-9-15-24;24-18-12-6-5-10-16(18)19-21-17-11-4-2-1-3-9-15(17)20(22-19)23-13-7-8-14-23;1-21(2)18-13-9-5-3-4-6-11-15(13)19-17(20-18)14-10-7-8-12-16(14)22;21-15-7-2-1-4-13(15)16-18-14-6-3-5-12(14)17(19-16)20-8-10-22-11-9-20;21-15-9-2-1-6-13(15)16-18-14-8-5-7-12(14)17(19-16)20-10-3-4-11-20;1-18(2)15-10-7-5-8-12(10)16-14(17-15)11-6-3-4-9-13(11)19/h6-7,11,13,25H,1-5,8-10,12,14-15H2;5-6,10,12,24H,1-4,7-9,11,13-14H2;7-8,10,12,22H,3-6,9,11H2,1-2H3;1-2,4,7,21H,3,5-6,8-11H2;1-2,6,9,21H,3-5,7-8,10-11H2;3-4,6,9,19H,5,7-8H2,1-2H3. The van der Waals surface area contributed by atoms with Crippen LogP contribution >= 0.6 is 0 Å². The van der Waals surface area contributed by atoms with E-state index in [-0.39, 0.29) is 34.5 Å². The van der Waals surface area contributed by atoms with Crippen molar-refractivity contribution in [3.63, 3.8) is 0 Å². The number of aromatic nitrogens is 12. The predicted octanol–water partition coefficient (Wildman–Crippen LogP) is 19.7. The molecule has 0 bridgehead atoms. The van der Waals surface area contributed by atoms with Gasteiger partial charge in [-0.05, 0) is 253 Å². The van der Waals surface area contributed by atoms with Gasteiger partial charge in [-0.25, -0.2) is 59.8 Å². The zero-order valence-corrected chi connectivity index (χ0v) is 78.1. The smallest absolute Gasteiger partial charge is 0.165 e. The first kappa shape index (κ1) is 92.2. The second-order valence-electron chi connectivity index (χ2n) is 37.0. The van der Waals surface area contributed by atoms with Gasteiger partial charge in [-0.1, -0.05) is 111 Å². The Morgan fingerprint density at radius 1 is 0.211 bits per heavy atom. The summed E-state index contributed by atoms with van der Waals surface area (Å²) in [6, 6.07) is 43.9. The number of aromatic hydroxyl groups is 6. The highest BCUT2D eigenvalue weighted by atomic mass is 16.5. The molecule has 0 unspecified atom stereocenters. The molecule has 0 saturated carbocycles. The summed E-state index contributed by atoms with van der Waals surface area (Å²) in [5.41, 5.74) is 19.2. The molecule has 10 heterocycles. The number of rotatable bonds is 12. The summed E-state index contributed by atoms with van der Waals surface area (Å²) >= 11 is 0. The van der Waals surface area contributed by atoms with Crippen LogP contribution in [0.15, 0.2) is 146 Å².